The first-order valence-electron chi connectivity index (χ1n) is 8.63. The summed E-state index contributed by atoms with van der Waals surface area (Å²) in [5, 5.41) is 0. The minimum absolute atomic E-state index is 0.00786. The molecule has 0 unspecified atom stereocenters. The van der Waals surface area contributed by atoms with Crippen molar-refractivity contribution in [2.45, 2.75) is 44.3 Å². The molecule has 0 saturated heterocycles. The molecule has 1 nitrogen and oxygen atoms in total. The van der Waals surface area contributed by atoms with Crippen molar-refractivity contribution in [1.82, 2.24) is 0 Å². The second-order valence-electron chi connectivity index (χ2n) is 6.91. The molecule has 0 bridgehead atoms. The van der Waals surface area contributed by atoms with E-state index in [9.17, 15) is 4.79 Å². The van der Waals surface area contributed by atoms with Crippen molar-refractivity contribution in [2.75, 3.05) is 6.26 Å². The highest BCUT2D eigenvalue weighted by molar-refractivity contribution is 7.99. The van der Waals surface area contributed by atoms with Gasteiger partial charge in [0.2, 0.25) is 0 Å². The van der Waals surface area contributed by atoms with Crippen LogP contribution in [0.5, 0.6) is 0 Å². The fourth-order valence-corrected chi connectivity index (χ4v) is 3.45. The second-order valence-corrected chi connectivity index (χ2v) is 8.37. The first-order valence-corrected chi connectivity index (χ1v) is 9.86. The number of ketones is 1. The van der Waals surface area contributed by atoms with Gasteiger partial charge in [0.05, 0.1) is 0 Å². The molecule has 128 valence electrons. The van der Waals surface area contributed by atoms with Gasteiger partial charge in [-0.2, -0.15) is 11.8 Å². The molecule has 2 rings (SSSR count). The SMILES string of the molecule is CSC(C)(C)[C@H](C)C(=O)CCC(c1ccccc1)c1ccccc1. The molecule has 0 N–H and O–H groups in total. The van der Waals surface area contributed by atoms with Crippen molar-refractivity contribution < 1.29 is 4.79 Å². The van der Waals surface area contributed by atoms with E-state index in [0.717, 1.165) is 6.42 Å². The lowest BCUT2D eigenvalue weighted by Crippen LogP contribution is -2.31. The maximum absolute atomic E-state index is 12.7. The van der Waals surface area contributed by atoms with Crippen LogP contribution >= 0.6 is 11.8 Å². The molecule has 0 aliphatic heterocycles. The summed E-state index contributed by atoms with van der Waals surface area (Å²) in [7, 11) is 0. The molecule has 2 aromatic carbocycles. The van der Waals surface area contributed by atoms with Gasteiger partial charge < -0.3 is 0 Å². The Morgan fingerprint density at radius 1 is 0.958 bits per heavy atom. The first kappa shape index (κ1) is 18.8. The summed E-state index contributed by atoms with van der Waals surface area (Å²) in [6.45, 7) is 6.39. The number of hydrogen-bond acceptors (Lipinski definition) is 2. The minimum Gasteiger partial charge on any atom is -0.299 e. The summed E-state index contributed by atoms with van der Waals surface area (Å²) in [5.74, 6) is 0.715. The number of Topliss-reactive ketones (excluding diaryl/α,β-unsaturated/α-hetero) is 1. The fraction of sp³-hybridized carbons (Fsp3) is 0.409. The van der Waals surface area contributed by atoms with Crippen LogP contribution < -0.4 is 0 Å². The topological polar surface area (TPSA) is 17.1 Å². The van der Waals surface area contributed by atoms with Crippen LogP contribution in [0.1, 0.15) is 50.7 Å². The van der Waals surface area contributed by atoms with E-state index in [1.165, 1.54) is 11.1 Å². The lowest BCUT2D eigenvalue weighted by Gasteiger charge is -2.29. The minimum atomic E-state index is -0.00786. The molecule has 0 aromatic heterocycles. The van der Waals surface area contributed by atoms with Crippen molar-refractivity contribution in [1.29, 1.82) is 0 Å². The van der Waals surface area contributed by atoms with Crippen molar-refractivity contribution in [3.05, 3.63) is 71.8 Å². The zero-order valence-electron chi connectivity index (χ0n) is 15.2. The normalized spacial score (nSPS) is 13.0. The van der Waals surface area contributed by atoms with Gasteiger partial charge in [0.15, 0.2) is 0 Å². The van der Waals surface area contributed by atoms with Crippen molar-refractivity contribution in [2.24, 2.45) is 5.92 Å². The molecule has 2 aromatic rings. The predicted octanol–water partition coefficient (Wildman–Crippen LogP) is 5.95. The molecule has 2 heteroatoms. The van der Waals surface area contributed by atoms with Gasteiger partial charge in [-0.15, -0.1) is 0 Å². The van der Waals surface area contributed by atoms with E-state index in [2.05, 4.69) is 75.6 Å². The van der Waals surface area contributed by atoms with E-state index < -0.39 is 0 Å². The monoisotopic (exact) mass is 340 g/mol. The van der Waals surface area contributed by atoms with Crippen LogP contribution in [0.15, 0.2) is 60.7 Å². The molecule has 0 aliphatic rings. The second kappa shape index (κ2) is 8.53. The molecular formula is C22H28OS. The Morgan fingerprint density at radius 3 is 1.83 bits per heavy atom. The summed E-state index contributed by atoms with van der Waals surface area (Å²) in [4.78, 5) is 12.7. The van der Waals surface area contributed by atoms with Gasteiger partial charge in [-0.05, 0) is 23.8 Å². The number of carbonyl (C=O) groups is 1. The highest BCUT2D eigenvalue weighted by Gasteiger charge is 2.30. The highest BCUT2D eigenvalue weighted by Crippen LogP contribution is 2.34. The maximum Gasteiger partial charge on any atom is 0.137 e. The summed E-state index contributed by atoms with van der Waals surface area (Å²) in [5.41, 5.74) is 2.57. The Balaban J connectivity index is 2.14. The van der Waals surface area contributed by atoms with Gasteiger partial charge in [0.25, 0.3) is 0 Å². The molecule has 0 saturated carbocycles. The molecule has 0 aliphatic carbocycles. The van der Waals surface area contributed by atoms with Crippen LogP contribution in [0.25, 0.3) is 0 Å². The summed E-state index contributed by atoms with van der Waals surface area (Å²) in [6.07, 6.45) is 3.57. The summed E-state index contributed by atoms with van der Waals surface area (Å²) >= 11 is 1.77. The third kappa shape index (κ3) is 4.73. The number of thioether (sulfide) groups is 1. The van der Waals surface area contributed by atoms with Crippen LogP contribution in [0.4, 0.5) is 0 Å². The average molecular weight is 341 g/mol. The van der Waals surface area contributed by atoms with Crippen LogP contribution in [0, 0.1) is 5.92 Å². The van der Waals surface area contributed by atoms with Crippen LogP contribution in [-0.2, 0) is 4.79 Å². The van der Waals surface area contributed by atoms with E-state index in [0.29, 0.717) is 12.2 Å². The van der Waals surface area contributed by atoms with Crippen molar-refractivity contribution >= 4 is 17.5 Å². The molecule has 24 heavy (non-hydrogen) atoms. The van der Waals surface area contributed by atoms with Crippen molar-refractivity contribution in [3.8, 4) is 0 Å². The smallest absolute Gasteiger partial charge is 0.137 e. The molecule has 0 heterocycles. The third-order valence-electron chi connectivity index (χ3n) is 5.14. The Hall–Kier alpha value is -1.54. The zero-order chi connectivity index (χ0) is 17.6. The molecule has 1 atom stereocenters. The molecule has 0 radical (unpaired) electrons. The summed E-state index contributed by atoms with van der Waals surface area (Å²) < 4.78 is -0.00786. The van der Waals surface area contributed by atoms with E-state index in [1.54, 1.807) is 11.8 Å². The Kier molecular flexibility index (Phi) is 6.68. The van der Waals surface area contributed by atoms with Gasteiger partial charge in [0.1, 0.15) is 5.78 Å². The van der Waals surface area contributed by atoms with Gasteiger partial charge in [-0.3, -0.25) is 4.79 Å². The van der Waals surface area contributed by atoms with E-state index in [-0.39, 0.29) is 16.6 Å². The number of hydrogen-bond donors (Lipinski definition) is 0. The number of rotatable bonds is 8. The van der Waals surface area contributed by atoms with E-state index in [4.69, 9.17) is 0 Å². The van der Waals surface area contributed by atoms with Gasteiger partial charge in [0, 0.05) is 23.0 Å². The summed E-state index contributed by atoms with van der Waals surface area (Å²) in [6, 6.07) is 21.0. The van der Waals surface area contributed by atoms with Crippen LogP contribution in [0.2, 0.25) is 0 Å². The lowest BCUT2D eigenvalue weighted by atomic mass is 9.84. The predicted molar refractivity (Wildman–Crippen MR) is 106 cm³/mol. The van der Waals surface area contributed by atoms with Crippen molar-refractivity contribution in [3.63, 3.8) is 0 Å². The third-order valence-corrected chi connectivity index (χ3v) is 6.54. The maximum atomic E-state index is 12.7. The average Bonchev–Trinajstić information content (AvgIpc) is 2.62. The number of benzene rings is 2. The van der Waals surface area contributed by atoms with Crippen LogP contribution in [-0.4, -0.2) is 16.8 Å². The molecule has 0 amide bonds. The van der Waals surface area contributed by atoms with Gasteiger partial charge in [-0.25, -0.2) is 0 Å². The van der Waals surface area contributed by atoms with Crippen LogP contribution in [0.3, 0.4) is 0 Å². The number of carbonyl (C=O) groups excluding carboxylic acids is 1. The first-order chi connectivity index (χ1) is 11.5. The van der Waals surface area contributed by atoms with E-state index >= 15 is 0 Å². The highest BCUT2D eigenvalue weighted by atomic mass is 32.2. The fourth-order valence-electron chi connectivity index (χ4n) is 2.96. The van der Waals surface area contributed by atoms with E-state index in [1.807, 2.05) is 12.1 Å². The molecular weight excluding hydrogens is 312 g/mol. The Morgan fingerprint density at radius 2 is 1.42 bits per heavy atom. The standard InChI is InChI=1S/C22H28OS/c1-17(22(2,3)24-4)21(23)16-15-20(18-11-7-5-8-12-18)19-13-9-6-10-14-19/h5-14,17,20H,15-16H2,1-4H3/t17-/m1/s1. The Bertz CT molecular complexity index is 594. The molecule has 0 fully saturated rings. The molecule has 0 spiro atoms. The largest absolute Gasteiger partial charge is 0.299 e. The quantitative estimate of drug-likeness (QED) is 0.591. The Labute approximate surface area is 150 Å². The van der Waals surface area contributed by atoms with Gasteiger partial charge >= 0.3 is 0 Å². The van der Waals surface area contributed by atoms with Gasteiger partial charge in [-0.1, -0.05) is 81.4 Å². The zero-order valence-corrected chi connectivity index (χ0v) is 16.0. The lowest BCUT2D eigenvalue weighted by molar-refractivity contribution is -0.123.